The fraction of sp³-hybridized carbons (Fsp3) is 0.0769. The molecule has 0 aliphatic rings. The summed E-state index contributed by atoms with van der Waals surface area (Å²) in [6.45, 7) is 0. The van der Waals surface area contributed by atoms with E-state index >= 15 is 0 Å². The third-order valence-corrected chi connectivity index (χ3v) is 3.37. The van der Waals surface area contributed by atoms with E-state index in [9.17, 15) is 0 Å². The van der Waals surface area contributed by atoms with Gasteiger partial charge in [0.25, 0.3) is 0 Å². The molecular weight excluding hydrogens is 301 g/mol. The summed E-state index contributed by atoms with van der Waals surface area (Å²) in [4.78, 5) is 6.46. The molecule has 0 bridgehead atoms. The number of rotatable bonds is 3. The highest BCUT2D eigenvalue weighted by Crippen LogP contribution is 2.30. The summed E-state index contributed by atoms with van der Waals surface area (Å²) in [6, 6.07) is 9.18. The molecule has 3 nitrogen and oxygen atoms in total. The topological polar surface area (TPSA) is 42.1 Å². The molecule has 0 saturated heterocycles. The quantitative estimate of drug-likeness (QED) is 0.876. The summed E-state index contributed by atoms with van der Waals surface area (Å²) < 4.78 is 0. The average molecular weight is 312 g/mol. The van der Waals surface area contributed by atoms with E-state index in [0.29, 0.717) is 20.9 Å². The second-order valence-corrected chi connectivity index (χ2v) is 5.21. The molecule has 2 aromatic rings. The van der Waals surface area contributed by atoms with E-state index in [2.05, 4.69) is 4.98 Å². The van der Waals surface area contributed by atoms with Crippen molar-refractivity contribution in [2.45, 2.75) is 0 Å². The Labute approximate surface area is 127 Å². The number of thiocarbonyl (C=S) groups is 1. The van der Waals surface area contributed by atoms with Crippen molar-refractivity contribution >= 4 is 51.9 Å². The zero-order chi connectivity index (χ0) is 14.0. The fourth-order valence-corrected chi connectivity index (χ4v) is 2.27. The second kappa shape index (κ2) is 5.74. The molecule has 0 spiro atoms. The lowest BCUT2D eigenvalue weighted by Gasteiger charge is -2.19. The predicted molar refractivity (Wildman–Crippen MR) is 84.6 cm³/mol. The number of halogens is 2. The Morgan fingerprint density at radius 1 is 1.26 bits per heavy atom. The van der Waals surface area contributed by atoms with Crippen LogP contribution in [0.3, 0.4) is 0 Å². The van der Waals surface area contributed by atoms with E-state index < -0.39 is 0 Å². The fourth-order valence-electron chi connectivity index (χ4n) is 1.63. The van der Waals surface area contributed by atoms with Gasteiger partial charge in [0.2, 0.25) is 0 Å². The van der Waals surface area contributed by atoms with Crippen LogP contribution in [0.4, 0.5) is 11.5 Å². The van der Waals surface area contributed by atoms with E-state index in [1.807, 2.05) is 36.2 Å². The van der Waals surface area contributed by atoms with Crippen LogP contribution in [0.25, 0.3) is 0 Å². The number of hydrogen-bond acceptors (Lipinski definition) is 3. The molecule has 1 aromatic heterocycles. The first kappa shape index (κ1) is 14.1. The molecule has 1 heterocycles. The monoisotopic (exact) mass is 311 g/mol. The summed E-state index contributed by atoms with van der Waals surface area (Å²) in [7, 11) is 1.87. The second-order valence-electron chi connectivity index (χ2n) is 3.93. The third-order valence-electron chi connectivity index (χ3n) is 2.65. The van der Waals surface area contributed by atoms with Gasteiger partial charge in [0, 0.05) is 24.5 Å². The van der Waals surface area contributed by atoms with Crippen LogP contribution in [-0.4, -0.2) is 17.0 Å². The molecule has 2 N–H and O–H groups in total. The maximum absolute atomic E-state index is 6.13. The molecule has 1 aromatic carbocycles. The Morgan fingerprint density at radius 2 is 1.89 bits per heavy atom. The lowest BCUT2D eigenvalue weighted by atomic mass is 10.2. The van der Waals surface area contributed by atoms with Gasteiger partial charge in [-0.05, 0) is 30.3 Å². The van der Waals surface area contributed by atoms with E-state index in [1.165, 1.54) is 0 Å². The Kier molecular flexibility index (Phi) is 4.24. The van der Waals surface area contributed by atoms with Crippen molar-refractivity contribution in [1.29, 1.82) is 0 Å². The molecule has 6 heteroatoms. The molecule has 0 aliphatic carbocycles. The molecule has 0 atom stereocenters. The zero-order valence-corrected chi connectivity index (χ0v) is 12.4. The van der Waals surface area contributed by atoms with Gasteiger partial charge in [-0.25, -0.2) is 4.98 Å². The third kappa shape index (κ3) is 3.15. The first-order valence-corrected chi connectivity index (χ1v) is 6.60. The van der Waals surface area contributed by atoms with E-state index in [1.54, 1.807) is 12.3 Å². The van der Waals surface area contributed by atoms with Gasteiger partial charge in [-0.15, -0.1) is 0 Å². The van der Waals surface area contributed by atoms with Crippen LogP contribution in [0.5, 0.6) is 0 Å². The van der Waals surface area contributed by atoms with Crippen LogP contribution in [0.1, 0.15) is 5.56 Å². The normalized spacial score (nSPS) is 10.3. The highest BCUT2D eigenvalue weighted by Gasteiger charge is 2.10. The van der Waals surface area contributed by atoms with Crippen LogP contribution in [0.2, 0.25) is 10.0 Å². The summed E-state index contributed by atoms with van der Waals surface area (Å²) in [6.07, 6.45) is 1.56. The SMILES string of the molecule is CN(c1ccc(C(N)=S)cc1)c1ncc(Cl)cc1Cl. The Bertz CT molecular complexity index is 614. The minimum absolute atomic E-state index is 0.372. The number of nitrogens with zero attached hydrogens (tertiary/aromatic N) is 2. The van der Waals surface area contributed by atoms with Crippen LogP contribution < -0.4 is 10.6 Å². The molecule has 98 valence electrons. The van der Waals surface area contributed by atoms with Gasteiger partial charge in [0.1, 0.15) is 4.99 Å². The Hall–Kier alpha value is -1.36. The van der Waals surface area contributed by atoms with Gasteiger partial charge >= 0.3 is 0 Å². The lowest BCUT2D eigenvalue weighted by Crippen LogP contribution is -2.13. The Morgan fingerprint density at radius 3 is 2.42 bits per heavy atom. The van der Waals surface area contributed by atoms with Crippen LogP contribution >= 0.6 is 35.4 Å². The number of aromatic nitrogens is 1. The maximum Gasteiger partial charge on any atom is 0.151 e. The smallest absolute Gasteiger partial charge is 0.151 e. The number of anilines is 2. The predicted octanol–water partition coefficient (Wildman–Crippen LogP) is 3.79. The molecular formula is C13H11Cl2N3S. The van der Waals surface area contributed by atoms with Crippen LogP contribution in [0, 0.1) is 0 Å². The van der Waals surface area contributed by atoms with E-state index in [4.69, 9.17) is 41.2 Å². The largest absolute Gasteiger partial charge is 0.389 e. The van der Waals surface area contributed by atoms with Crippen molar-refractivity contribution in [1.82, 2.24) is 4.98 Å². The molecule has 19 heavy (non-hydrogen) atoms. The van der Waals surface area contributed by atoms with Crippen molar-refractivity contribution in [3.8, 4) is 0 Å². The summed E-state index contributed by atoms with van der Waals surface area (Å²) in [5, 5.41) is 0.999. The van der Waals surface area contributed by atoms with Crippen molar-refractivity contribution in [3.05, 3.63) is 52.1 Å². The van der Waals surface area contributed by atoms with Gasteiger partial charge in [0.05, 0.1) is 10.0 Å². The van der Waals surface area contributed by atoms with Crippen molar-refractivity contribution in [2.24, 2.45) is 5.73 Å². The summed E-state index contributed by atoms with van der Waals surface area (Å²) in [5.74, 6) is 0.633. The molecule has 0 saturated carbocycles. The zero-order valence-electron chi connectivity index (χ0n) is 10.1. The minimum Gasteiger partial charge on any atom is -0.389 e. The number of benzene rings is 1. The van der Waals surface area contributed by atoms with Crippen LogP contribution in [-0.2, 0) is 0 Å². The molecule has 0 amide bonds. The molecule has 2 rings (SSSR count). The Balaban J connectivity index is 2.33. The van der Waals surface area contributed by atoms with E-state index in [0.717, 1.165) is 11.3 Å². The highest BCUT2D eigenvalue weighted by molar-refractivity contribution is 7.80. The van der Waals surface area contributed by atoms with Crippen molar-refractivity contribution in [3.63, 3.8) is 0 Å². The maximum atomic E-state index is 6.13. The minimum atomic E-state index is 0.372. The standard InChI is InChI=1S/C13H11Cl2N3S/c1-18(13-11(15)6-9(14)7-17-13)10-4-2-8(3-5-10)12(16)19/h2-7H,1H3,(H2,16,19). The number of nitrogens with two attached hydrogens (primary N) is 1. The molecule has 0 radical (unpaired) electrons. The molecule has 0 fully saturated rings. The van der Waals surface area contributed by atoms with Gasteiger partial charge in [-0.1, -0.05) is 35.4 Å². The molecule has 0 aliphatic heterocycles. The lowest BCUT2D eigenvalue weighted by molar-refractivity contribution is 1.13. The van der Waals surface area contributed by atoms with Gasteiger partial charge in [-0.3, -0.25) is 0 Å². The number of hydrogen-bond donors (Lipinski definition) is 1. The van der Waals surface area contributed by atoms with E-state index in [-0.39, 0.29) is 0 Å². The van der Waals surface area contributed by atoms with Crippen molar-refractivity contribution < 1.29 is 0 Å². The first-order chi connectivity index (χ1) is 8.99. The van der Waals surface area contributed by atoms with Gasteiger partial charge in [0.15, 0.2) is 5.82 Å². The number of pyridine rings is 1. The molecule has 0 unspecified atom stereocenters. The van der Waals surface area contributed by atoms with Crippen LogP contribution in [0.15, 0.2) is 36.5 Å². The highest BCUT2D eigenvalue weighted by atomic mass is 35.5. The first-order valence-electron chi connectivity index (χ1n) is 5.43. The van der Waals surface area contributed by atoms with Gasteiger partial charge < -0.3 is 10.6 Å². The summed E-state index contributed by atoms with van der Waals surface area (Å²) >= 11 is 16.9. The van der Waals surface area contributed by atoms with Gasteiger partial charge in [-0.2, -0.15) is 0 Å². The van der Waals surface area contributed by atoms with Crippen molar-refractivity contribution in [2.75, 3.05) is 11.9 Å². The average Bonchev–Trinajstić information content (AvgIpc) is 2.38. The summed E-state index contributed by atoms with van der Waals surface area (Å²) in [5.41, 5.74) is 7.31.